The number of rotatable bonds is 2. The number of nitrogens with zero attached hydrogens (tertiary/aromatic N) is 2. The maximum absolute atomic E-state index is 11.5. The molecule has 16 heavy (non-hydrogen) atoms. The Balaban J connectivity index is 2.86. The van der Waals surface area contributed by atoms with Crippen molar-refractivity contribution in [3.63, 3.8) is 0 Å². The summed E-state index contributed by atoms with van der Waals surface area (Å²) in [5, 5.41) is 9.33. The highest BCUT2D eigenvalue weighted by atomic mass is 32.1. The van der Waals surface area contributed by atoms with Crippen LogP contribution in [0.1, 0.15) is 11.1 Å². The molecular weight excluding hydrogens is 224 g/mol. The Morgan fingerprint density at radius 1 is 1.50 bits per heavy atom. The second-order valence-corrected chi connectivity index (χ2v) is 3.47. The van der Waals surface area contributed by atoms with Gasteiger partial charge in [-0.3, -0.25) is 4.79 Å². The lowest BCUT2D eigenvalue weighted by molar-refractivity contribution is -0.126. The number of hydrazine groups is 1. The Morgan fingerprint density at radius 2 is 2.12 bits per heavy atom. The van der Waals surface area contributed by atoms with Crippen LogP contribution < -0.4 is 11.6 Å². The first-order valence-corrected chi connectivity index (χ1v) is 4.82. The number of amides is 1. The maximum Gasteiger partial charge on any atom is 0.247 e. The van der Waals surface area contributed by atoms with E-state index in [4.69, 9.17) is 16.8 Å². The average molecular weight is 234 g/mol. The Hall–Kier alpha value is -1.97. The first kappa shape index (κ1) is 12.1. The van der Waals surface area contributed by atoms with Gasteiger partial charge >= 0.3 is 0 Å². The van der Waals surface area contributed by atoms with Crippen LogP contribution in [0.25, 0.3) is 0 Å². The summed E-state index contributed by atoms with van der Waals surface area (Å²) in [5.74, 6) is 4.89. The molecule has 0 bridgehead atoms. The van der Waals surface area contributed by atoms with Gasteiger partial charge in [-0.25, -0.2) is 10.9 Å². The molecule has 82 valence electrons. The molecule has 6 heteroatoms. The molecule has 0 saturated carbocycles. The predicted octanol–water partition coefficient (Wildman–Crippen LogP) is 0.0467. The molecule has 0 unspecified atom stereocenters. The summed E-state index contributed by atoms with van der Waals surface area (Å²) in [7, 11) is 0. The second-order valence-electron chi connectivity index (χ2n) is 3.05. The number of carbonyl (C=O) groups excluding carboxylic acids is 1. The van der Waals surface area contributed by atoms with Gasteiger partial charge in [0.25, 0.3) is 0 Å². The van der Waals surface area contributed by atoms with Crippen molar-refractivity contribution in [2.24, 2.45) is 11.6 Å². The largest absolute Gasteiger partial charge is 0.375 e. The van der Waals surface area contributed by atoms with Crippen LogP contribution in [-0.4, -0.2) is 16.0 Å². The van der Waals surface area contributed by atoms with Gasteiger partial charge < -0.3 is 5.73 Å². The summed E-state index contributed by atoms with van der Waals surface area (Å²) in [6, 6.07) is 8.77. The number of thiocarbonyl (C=S) groups is 1. The van der Waals surface area contributed by atoms with E-state index in [-0.39, 0.29) is 11.5 Å². The summed E-state index contributed by atoms with van der Waals surface area (Å²) in [5.41, 5.74) is 6.24. The highest BCUT2D eigenvalue weighted by molar-refractivity contribution is 7.80. The average Bonchev–Trinajstić information content (AvgIpc) is 2.28. The molecule has 0 radical (unpaired) electrons. The molecular formula is C10H10N4OS. The molecule has 0 aliphatic heterocycles. The first-order valence-electron chi connectivity index (χ1n) is 4.41. The van der Waals surface area contributed by atoms with Crippen LogP contribution in [0.4, 0.5) is 0 Å². The van der Waals surface area contributed by atoms with Gasteiger partial charge in [0.05, 0.1) is 18.1 Å². The molecule has 0 saturated heterocycles. The summed E-state index contributed by atoms with van der Waals surface area (Å²) in [6.45, 7) is 0. The standard InChI is InChI=1S/C10H10N4OS/c11-6-8-4-2-1-3-7(8)5-9(15)14(13)10(12)16/h1-4H,5,13H2,(H2,12,16). The number of hydrogen-bond donors (Lipinski definition) is 2. The molecule has 0 aliphatic carbocycles. The van der Waals surface area contributed by atoms with Crippen molar-refractivity contribution in [2.45, 2.75) is 6.42 Å². The summed E-state index contributed by atoms with van der Waals surface area (Å²) in [6.07, 6.45) is -0.00241. The van der Waals surface area contributed by atoms with Gasteiger partial charge in [-0.15, -0.1) is 0 Å². The zero-order valence-corrected chi connectivity index (χ0v) is 9.20. The third-order valence-corrected chi connectivity index (χ3v) is 2.18. The third-order valence-electron chi connectivity index (χ3n) is 1.99. The van der Waals surface area contributed by atoms with E-state index in [1.165, 1.54) is 0 Å². The summed E-state index contributed by atoms with van der Waals surface area (Å²) < 4.78 is 0. The van der Waals surface area contributed by atoms with Gasteiger partial charge in [-0.2, -0.15) is 5.26 Å². The number of hydrogen-bond acceptors (Lipinski definition) is 4. The Kier molecular flexibility index (Phi) is 3.94. The number of nitrogens with two attached hydrogens (primary N) is 2. The predicted molar refractivity (Wildman–Crippen MR) is 62.7 cm³/mol. The summed E-state index contributed by atoms with van der Waals surface area (Å²) in [4.78, 5) is 11.5. The van der Waals surface area contributed by atoms with Crippen molar-refractivity contribution in [1.82, 2.24) is 5.01 Å². The van der Waals surface area contributed by atoms with E-state index >= 15 is 0 Å². The molecule has 4 N–H and O–H groups in total. The minimum absolute atomic E-state index is 0.00241. The fourth-order valence-electron chi connectivity index (χ4n) is 1.15. The van der Waals surface area contributed by atoms with Crippen molar-refractivity contribution in [1.29, 1.82) is 5.26 Å². The quantitative estimate of drug-likeness (QED) is 0.326. The molecule has 0 fully saturated rings. The third kappa shape index (κ3) is 2.76. The molecule has 1 aromatic carbocycles. The SMILES string of the molecule is N#Cc1ccccc1CC(=O)N(N)C(N)=S. The van der Waals surface area contributed by atoms with Crippen molar-refractivity contribution < 1.29 is 4.79 Å². The van der Waals surface area contributed by atoms with Crippen molar-refractivity contribution >= 4 is 23.2 Å². The van der Waals surface area contributed by atoms with Gasteiger partial charge in [-0.1, -0.05) is 18.2 Å². The number of nitriles is 1. The topological polar surface area (TPSA) is 96.1 Å². The van der Waals surface area contributed by atoms with E-state index in [0.717, 1.165) is 0 Å². The molecule has 0 aromatic heterocycles. The van der Waals surface area contributed by atoms with Crippen LogP contribution in [0.3, 0.4) is 0 Å². The molecule has 1 rings (SSSR count). The minimum Gasteiger partial charge on any atom is -0.375 e. The van der Waals surface area contributed by atoms with Gasteiger partial charge in [-0.05, 0) is 23.8 Å². The molecule has 5 nitrogen and oxygen atoms in total. The van der Waals surface area contributed by atoms with Crippen LogP contribution in [-0.2, 0) is 11.2 Å². The van der Waals surface area contributed by atoms with Gasteiger partial charge in [0.1, 0.15) is 0 Å². The zero-order chi connectivity index (χ0) is 12.1. The van der Waals surface area contributed by atoms with Gasteiger partial charge in [0, 0.05) is 0 Å². The van der Waals surface area contributed by atoms with E-state index in [2.05, 4.69) is 12.2 Å². The molecule has 0 atom stereocenters. The lowest BCUT2D eigenvalue weighted by Gasteiger charge is -2.14. The molecule has 0 aliphatic rings. The van der Waals surface area contributed by atoms with Crippen LogP contribution >= 0.6 is 12.2 Å². The van der Waals surface area contributed by atoms with Gasteiger partial charge in [0.15, 0.2) is 5.11 Å². The number of carbonyl (C=O) groups is 1. The van der Waals surface area contributed by atoms with Crippen molar-refractivity contribution in [2.75, 3.05) is 0 Å². The van der Waals surface area contributed by atoms with E-state index < -0.39 is 5.91 Å². The maximum atomic E-state index is 11.5. The molecule has 0 heterocycles. The van der Waals surface area contributed by atoms with Crippen molar-refractivity contribution in [3.05, 3.63) is 35.4 Å². The van der Waals surface area contributed by atoms with E-state index in [0.29, 0.717) is 16.1 Å². The van der Waals surface area contributed by atoms with Crippen LogP contribution in [0.5, 0.6) is 0 Å². The molecule has 1 amide bonds. The minimum atomic E-state index is -0.449. The fourth-order valence-corrected chi connectivity index (χ4v) is 1.26. The lowest BCUT2D eigenvalue weighted by atomic mass is 10.1. The first-order chi connectivity index (χ1) is 7.56. The Bertz CT molecular complexity index is 466. The normalized spacial score (nSPS) is 9.25. The molecule has 0 spiro atoms. The monoisotopic (exact) mass is 234 g/mol. The highest BCUT2D eigenvalue weighted by Crippen LogP contribution is 2.08. The van der Waals surface area contributed by atoms with Crippen LogP contribution in [0.15, 0.2) is 24.3 Å². The van der Waals surface area contributed by atoms with Crippen molar-refractivity contribution in [3.8, 4) is 6.07 Å². The fraction of sp³-hybridized carbons (Fsp3) is 0.100. The van der Waals surface area contributed by atoms with Crippen LogP contribution in [0, 0.1) is 11.3 Å². The lowest BCUT2D eigenvalue weighted by Crippen LogP contribution is -2.46. The Labute approximate surface area is 98.2 Å². The van der Waals surface area contributed by atoms with E-state index in [1.54, 1.807) is 24.3 Å². The molecule has 1 aromatic rings. The smallest absolute Gasteiger partial charge is 0.247 e. The van der Waals surface area contributed by atoms with E-state index in [9.17, 15) is 4.79 Å². The highest BCUT2D eigenvalue weighted by Gasteiger charge is 2.14. The van der Waals surface area contributed by atoms with Gasteiger partial charge in [0.2, 0.25) is 5.91 Å². The van der Waals surface area contributed by atoms with Crippen LogP contribution in [0.2, 0.25) is 0 Å². The second kappa shape index (κ2) is 5.21. The Morgan fingerprint density at radius 3 is 2.69 bits per heavy atom. The summed E-state index contributed by atoms with van der Waals surface area (Å²) >= 11 is 4.56. The number of benzene rings is 1. The zero-order valence-electron chi connectivity index (χ0n) is 8.38. The van der Waals surface area contributed by atoms with E-state index in [1.807, 2.05) is 6.07 Å².